The van der Waals surface area contributed by atoms with Gasteiger partial charge in [0.2, 0.25) is 0 Å². The lowest BCUT2D eigenvalue weighted by Gasteiger charge is -2.30. The van der Waals surface area contributed by atoms with E-state index < -0.39 is 11.6 Å². The molecule has 4 heteroatoms. The highest BCUT2D eigenvalue weighted by molar-refractivity contribution is 5.66. The van der Waals surface area contributed by atoms with Crippen molar-refractivity contribution in [2.24, 2.45) is 0 Å². The first-order valence-corrected chi connectivity index (χ1v) is 5.42. The molecule has 0 radical (unpaired) electrons. The van der Waals surface area contributed by atoms with Crippen LogP contribution in [0.1, 0.15) is 18.4 Å². The van der Waals surface area contributed by atoms with Crippen LogP contribution in [0.2, 0.25) is 0 Å². The van der Waals surface area contributed by atoms with E-state index in [0.717, 1.165) is 18.4 Å². The van der Waals surface area contributed by atoms with Crippen molar-refractivity contribution in [1.29, 1.82) is 0 Å². The summed E-state index contributed by atoms with van der Waals surface area (Å²) in [7, 11) is 0. The van der Waals surface area contributed by atoms with Gasteiger partial charge in [0.15, 0.2) is 0 Å². The Morgan fingerprint density at radius 3 is 2.50 bits per heavy atom. The van der Waals surface area contributed by atoms with Crippen LogP contribution < -0.4 is 5.32 Å². The van der Waals surface area contributed by atoms with Gasteiger partial charge in [-0.3, -0.25) is 0 Å². The third-order valence-electron chi connectivity index (χ3n) is 3.46. The Morgan fingerprint density at radius 1 is 1.31 bits per heavy atom. The van der Waals surface area contributed by atoms with Crippen molar-refractivity contribution in [2.45, 2.75) is 30.6 Å². The maximum absolute atomic E-state index is 10.9. The summed E-state index contributed by atoms with van der Waals surface area (Å²) in [5, 5.41) is 11.6. The molecule has 0 aromatic heterocycles. The SMILES string of the molecule is O=C(O)N[C@]1(c2ccccc2)C[C@@H]2O[C@@H]2C1. The smallest absolute Gasteiger partial charge is 0.405 e. The molecule has 16 heavy (non-hydrogen) atoms. The van der Waals surface area contributed by atoms with Crippen LogP contribution in [0, 0.1) is 0 Å². The van der Waals surface area contributed by atoms with E-state index in [0.29, 0.717) is 0 Å². The number of hydrogen-bond acceptors (Lipinski definition) is 2. The minimum atomic E-state index is -0.967. The molecule has 1 aromatic carbocycles. The molecule has 1 amide bonds. The molecular weight excluding hydrogens is 206 g/mol. The number of ether oxygens (including phenoxy) is 1. The summed E-state index contributed by atoms with van der Waals surface area (Å²) in [5.41, 5.74) is 0.592. The molecule has 1 saturated heterocycles. The summed E-state index contributed by atoms with van der Waals surface area (Å²) in [6.07, 6.45) is 1.01. The largest absolute Gasteiger partial charge is 0.465 e. The minimum Gasteiger partial charge on any atom is -0.465 e. The fourth-order valence-electron chi connectivity index (χ4n) is 2.68. The van der Waals surface area contributed by atoms with E-state index in [1.54, 1.807) is 0 Å². The van der Waals surface area contributed by atoms with Gasteiger partial charge < -0.3 is 15.2 Å². The Morgan fingerprint density at radius 2 is 1.94 bits per heavy atom. The molecule has 2 N–H and O–H groups in total. The zero-order valence-corrected chi connectivity index (χ0v) is 8.72. The van der Waals surface area contributed by atoms with Gasteiger partial charge >= 0.3 is 6.09 Å². The molecule has 4 nitrogen and oxygen atoms in total. The van der Waals surface area contributed by atoms with Crippen molar-refractivity contribution in [2.75, 3.05) is 0 Å². The summed E-state index contributed by atoms with van der Waals surface area (Å²) in [6, 6.07) is 9.75. The highest BCUT2D eigenvalue weighted by Crippen LogP contribution is 2.49. The minimum absolute atomic E-state index is 0.243. The van der Waals surface area contributed by atoms with E-state index in [1.807, 2.05) is 30.3 Å². The predicted molar refractivity (Wildman–Crippen MR) is 57.2 cm³/mol. The van der Waals surface area contributed by atoms with E-state index in [4.69, 9.17) is 9.84 Å². The van der Waals surface area contributed by atoms with Gasteiger partial charge in [-0.25, -0.2) is 4.79 Å². The van der Waals surface area contributed by atoms with E-state index >= 15 is 0 Å². The lowest BCUT2D eigenvalue weighted by Crippen LogP contribution is -2.44. The molecule has 0 spiro atoms. The molecule has 1 aromatic rings. The number of epoxide rings is 1. The fourth-order valence-corrected chi connectivity index (χ4v) is 2.68. The molecule has 3 atom stereocenters. The fraction of sp³-hybridized carbons (Fsp3) is 0.417. The highest BCUT2D eigenvalue weighted by Gasteiger charge is 2.57. The summed E-state index contributed by atoms with van der Waals surface area (Å²) in [5.74, 6) is 0. The molecule has 2 aliphatic rings. The standard InChI is InChI=1S/C12H13NO3/c14-11(15)13-12(6-9-10(7-12)16-9)8-4-2-1-3-5-8/h1-5,9-10,13H,6-7H2,(H,14,15)/t9-,10+,12+. The number of fused-ring (bicyclic) bond motifs is 1. The molecular formula is C12H13NO3. The molecule has 2 fully saturated rings. The zero-order chi connectivity index (χ0) is 11.2. The van der Waals surface area contributed by atoms with Gasteiger partial charge in [-0.2, -0.15) is 0 Å². The molecule has 1 saturated carbocycles. The van der Waals surface area contributed by atoms with E-state index in [-0.39, 0.29) is 12.2 Å². The monoisotopic (exact) mass is 219 g/mol. The lowest BCUT2D eigenvalue weighted by molar-refractivity contribution is 0.159. The summed E-state index contributed by atoms with van der Waals surface area (Å²) >= 11 is 0. The van der Waals surface area contributed by atoms with Crippen LogP contribution in [0.4, 0.5) is 4.79 Å². The Balaban J connectivity index is 1.93. The maximum atomic E-state index is 10.9. The van der Waals surface area contributed by atoms with Crippen molar-refractivity contribution in [3.63, 3.8) is 0 Å². The second-order valence-corrected chi connectivity index (χ2v) is 4.50. The average molecular weight is 219 g/mol. The Bertz CT molecular complexity index is 408. The quantitative estimate of drug-likeness (QED) is 0.744. The van der Waals surface area contributed by atoms with E-state index in [2.05, 4.69) is 5.32 Å². The van der Waals surface area contributed by atoms with Crippen molar-refractivity contribution >= 4 is 6.09 Å². The van der Waals surface area contributed by atoms with Gasteiger partial charge in [0.05, 0.1) is 17.7 Å². The van der Waals surface area contributed by atoms with Crippen LogP contribution in [0.25, 0.3) is 0 Å². The van der Waals surface area contributed by atoms with Crippen molar-refractivity contribution in [3.05, 3.63) is 35.9 Å². The van der Waals surface area contributed by atoms with Gasteiger partial charge in [-0.05, 0) is 5.56 Å². The van der Waals surface area contributed by atoms with Crippen LogP contribution in [0.5, 0.6) is 0 Å². The van der Waals surface area contributed by atoms with Gasteiger partial charge in [0, 0.05) is 12.8 Å². The van der Waals surface area contributed by atoms with Gasteiger partial charge in [0.25, 0.3) is 0 Å². The van der Waals surface area contributed by atoms with Gasteiger partial charge in [-0.15, -0.1) is 0 Å². The molecule has 1 aliphatic heterocycles. The molecule has 1 heterocycles. The van der Waals surface area contributed by atoms with Crippen LogP contribution in [0.3, 0.4) is 0 Å². The van der Waals surface area contributed by atoms with Crippen LogP contribution in [-0.2, 0) is 10.3 Å². The summed E-state index contributed by atoms with van der Waals surface area (Å²) in [6.45, 7) is 0. The number of hydrogen-bond donors (Lipinski definition) is 2. The van der Waals surface area contributed by atoms with Crippen LogP contribution in [-0.4, -0.2) is 23.4 Å². The number of amides is 1. The second-order valence-electron chi connectivity index (χ2n) is 4.50. The Kier molecular flexibility index (Phi) is 1.94. The van der Waals surface area contributed by atoms with Gasteiger partial charge in [0.1, 0.15) is 0 Å². The van der Waals surface area contributed by atoms with Crippen molar-refractivity contribution in [3.8, 4) is 0 Å². The Labute approximate surface area is 93.2 Å². The third-order valence-corrected chi connectivity index (χ3v) is 3.46. The van der Waals surface area contributed by atoms with E-state index in [1.165, 1.54) is 0 Å². The van der Waals surface area contributed by atoms with Crippen LogP contribution in [0.15, 0.2) is 30.3 Å². The van der Waals surface area contributed by atoms with E-state index in [9.17, 15) is 4.79 Å². The number of nitrogens with one attached hydrogen (secondary N) is 1. The molecule has 1 aliphatic carbocycles. The Hall–Kier alpha value is -1.55. The predicted octanol–water partition coefficient (Wildman–Crippen LogP) is 1.71. The number of carboxylic acid groups (broad SMARTS) is 1. The second kappa shape index (κ2) is 3.22. The number of carbonyl (C=O) groups is 1. The van der Waals surface area contributed by atoms with Crippen molar-refractivity contribution in [1.82, 2.24) is 5.32 Å². The lowest BCUT2D eigenvalue weighted by atomic mass is 9.87. The van der Waals surface area contributed by atoms with Gasteiger partial charge in [-0.1, -0.05) is 30.3 Å². The maximum Gasteiger partial charge on any atom is 0.405 e. The zero-order valence-electron chi connectivity index (χ0n) is 8.72. The molecule has 84 valence electrons. The highest BCUT2D eigenvalue weighted by atomic mass is 16.6. The third kappa shape index (κ3) is 1.46. The number of rotatable bonds is 2. The number of benzene rings is 1. The first-order chi connectivity index (χ1) is 7.70. The molecule has 3 rings (SSSR count). The molecule has 0 bridgehead atoms. The first kappa shape index (κ1) is 9.66. The average Bonchev–Trinajstić information content (AvgIpc) is 2.87. The summed E-state index contributed by atoms with van der Waals surface area (Å²) in [4.78, 5) is 10.9. The first-order valence-electron chi connectivity index (χ1n) is 5.42. The normalized spacial score (nSPS) is 35.5. The van der Waals surface area contributed by atoms with Crippen LogP contribution >= 0.6 is 0 Å². The summed E-state index contributed by atoms with van der Waals surface area (Å²) < 4.78 is 5.38. The van der Waals surface area contributed by atoms with Crippen molar-refractivity contribution < 1.29 is 14.6 Å². The topological polar surface area (TPSA) is 61.9 Å². The molecule has 0 unspecified atom stereocenters.